The summed E-state index contributed by atoms with van der Waals surface area (Å²) in [6, 6.07) is 8.36. The van der Waals surface area contributed by atoms with Gasteiger partial charge >= 0.3 is 6.09 Å². The number of nitrogens with one attached hydrogen (secondary N) is 1. The molecule has 25 heavy (non-hydrogen) atoms. The lowest BCUT2D eigenvalue weighted by molar-refractivity contribution is -0.152. The van der Waals surface area contributed by atoms with Gasteiger partial charge in [0, 0.05) is 13.1 Å². The van der Waals surface area contributed by atoms with Gasteiger partial charge in [-0.05, 0) is 12.0 Å². The minimum absolute atomic E-state index is 0.0521. The highest BCUT2D eigenvalue weighted by Gasteiger charge is 2.44. The van der Waals surface area contributed by atoms with Crippen LogP contribution >= 0.6 is 0 Å². The van der Waals surface area contributed by atoms with Crippen molar-refractivity contribution in [2.75, 3.05) is 19.6 Å². The normalized spacial score (nSPS) is 23.1. The quantitative estimate of drug-likeness (QED) is 0.887. The molecule has 0 aliphatic carbocycles. The number of amides is 3. The van der Waals surface area contributed by atoms with Crippen LogP contribution in [-0.2, 0) is 20.9 Å². The summed E-state index contributed by atoms with van der Waals surface area (Å²) in [5.41, 5.74) is 0.905. The van der Waals surface area contributed by atoms with Crippen molar-refractivity contribution in [3.05, 3.63) is 35.9 Å². The van der Waals surface area contributed by atoms with Crippen LogP contribution in [0.25, 0.3) is 0 Å². The molecule has 1 aromatic rings. The van der Waals surface area contributed by atoms with E-state index in [1.165, 1.54) is 4.90 Å². The molecule has 0 saturated carbocycles. The fraction of sp³-hybridized carbons (Fsp3) is 0.500. The van der Waals surface area contributed by atoms with Gasteiger partial charge in [-0.25, -0.2) is 4.79 Å². The Morgan fingerprint density at radius 1 is 1.24 bits per heavy atom. The van der Waals surface area contributed by atoms with E-state index < -0.39 is 18.2 Å². The topological polar surface area (TPSA) is 79.0 Å². The number of piperazine rings is 2. The standard InChI is InChI=1S/C18H23N3O4/c1-2-6-14-17(23)21-10-9-20(11-15(21)16(22)19-14)18(24)25-12-13-7-4-3-5-8-13/h3-5,7-8,14-15H,2,6,9-12H2,1H3,(H,19,22)/t14-,15+/m0/s1. The molecule has 0 spiro atoms. The van der Waals surface area contributed by atoms with E-state index >= 15 is 0 Å². The van der Waals surface area contributed by atoms with Gasteiger partial charge in [-0.15, -0.1) is 0 Å². The lowest BCUT2D eigenvalue weighted by atomic mass is 10.0. The second-order valence-corrected chi connectivity index (χ2v) is 6.38. The van der Waals surface area contributed by atoms with Crippen molar-refractivity contribution < 1.29 is 19.1 Å². The van der Waals surface area contributed by atoms with Gasteiger partial charge < -0.3 is 19.9 Å². The van der Waals surface area contributed by atoms with E-state index in [1.54, 1.807) is 4.90 Å². The van der Waals surface area contributed by atoms with Crippen molar-refractivity contribution in [1.29, 1.82) is 0 Å². The number of hydrogen-bond donors (Lipinski definition) is 1. The molecule has 1 aromatic carbocycles. The van der Waals surface area contributed by atoms with Crippen molar-refractivity contribution in [1.82, 2.24) is 15.1 Å². The minimum Gasteiger partial charge on any atom is -0.445 e. The van der Waals surface area contributed by atoms with Crippen LogP contribution in [0, 0.1) is 0 Å². The molecule has 0 aromatic heterocycles. The first-order valence-corrected chi connectivity index (χ1v) is 8.66. The van der Waals surface area contributed by atoms with Crippen molar-refractivity contribution in [2.24, 2.45) is 0 Å². The molecule has 2 saturated heterocycles. The van der Waals surface area contributed by atoms with Crippen LogP contribution in [0.1, 0.15) is 25.3 Å². The lowest BCUT2D eigenvalue weighted by Gasteiger charge is -2.44. The van der Waals surface area contributed by atoms with Crippen LogP contribution in [0.15, 0.2) is 30.3 Å². The summed E-state index contributed by atoms with van der Waals surface area (Å²) in [6.45, 7) is 3.07. The first-order chi connectivity index (χ1) is 12.1. The van der Waals surface area contributed by atoms with Gasteiger partial charge in [-0.3, -0.25) is 9.59 Å². The molecule has 2 heterocycles. The van der Waals surface area contributed by atoms with Crippen LogP contribution in [-0.4, -0.2) is 59.4 Å². The monoisotopic (exact) mass is 345 g/mol. The molecule has 3 rings (SSSR count). The lowest BCUT2D eigenvalue weighted by Crippen LogP contribution is -2.69. The van der Waals surface area contributed by atoms with Crippen molar-refractivity contribution in [3.8, 4) is 0 Å². The molecule has 134 valence electrons. The molecule has 1 N–H and O–H groups in total. The van der Waals surface area contributed by atoms with Crippen LogP contribution in [0.4, 0.5) is 4.79 Å². The number of benzene rings is 1. The third kappa shape index (κ3) is 3.75. The zero-order valence-corrected chi connectivity index (χ0v) is 14.3. The molecule has 0 bridgehead atoms. The van der Waals surface area contributed by atoms with E-state index in [-0.39, 0.29) is 25.0 Å². The maximum Gasteiger partial charge on any atom is 0.410 e. The Labute approximate surface area is 146 Å². The van der Waals surface area contributed by atoms with Crippen LogP contribution in [0.5, 0.6) is 0 Å². The number of ether oxygens (including phenoxy) is 1. The van der Waals surface area contributed by atoms with Crippen molar-refractivity contribution >= 4 is 17.9 Å². The summed E-state index contributed by atoms with van der Waals surface area (Å²) in [4.78, 5) is 40.1. The Kier molecular flexibility index (Phi) is 5.21. The summed E-state index contributed by atoms with van der Waals surface area (Å²) < 4.78 is 5.32. The first-order valence-electron chi connectivity index (χ1n) is 8.66. The van der Waals surface area contributed by atoms with Gasteiger partial charge in [-0.2, -0.15) is 0 Å². The summed E-state index contributed by atoms with van der Waals surface area (Å²) in [5, 5.41) is 2.77. The highest BCUT2D eigenvalue weighted by Crippen LogP contribution is 2.19. The number of nitrogens with zero attached hydrogens (tertiary/aromatic N) is 2. The van der Waals surface area contributed by atoms with Gasteiger partial charge in [0.15, 0.2) is 0 Å². The van der Waals surface area contributed by atoms with E-state index in [0.717, 1.165) is 12.0 Å². The number of carbonyl (C=O) groups is 3. The molecular weight excluding hydrogens is 322 g/mol. The van der Waals surface area contributed by atoms with Crippen molar-refractivity contribution in [3.63, 3.8) is 0 Å². The predicted molar refractivity (Wildman–Crippen MR) is 90.5 cm³/mol. The molecule has 7 nitrogen and oxygen atoms in total. The van der Waals surface area contributed by atoms with Crippen molar-refractivity contribution in [2.45, 2.75) is 38.5 Å². The summed E-state index contributed by atoms with van der Waals surface area (Å²) in [7, 11) is 0. The molecule has 0 unspecified atom stereocenters. The number of fused-ring (bicyclic) bond motifs is 1. The Morgan fingerprint density at radius 2 is 2.00 bits per heavy atom. The Hall–Kier alpha value is -2.57. The van der Waals surface area contributed by atoms with Gasteiger partial charge in [0.1, 0.15) is 18.7 Å². The summed E-state index contributed by atoms with van der Waals surface area (Å²) in [6.07, 6.45) is 1.00. The fourth-order valence-corrected chi connectivity index (χ4v) is 3.26. The average Bonchev–Trinajstić information content (AvgIpc) is 2.64. The second-order valence-electron chi connectivity index (χ2n) is 6.38. The highest BCUT2D eigenvalue weighted by atomic mass is 16.6. The Bertz CT molecular complexity index is 649. The molecule has 2 aliphatic heterocycles. The molecule has 0 radical (unpaired) electrons. The van der Waals surface area contributed by atoms with Crippen LogP contribution in [0.2, 0.25) is 0 Å². The van der Waals surface area contributed by atoms with Gasteiger partial charge in [0.25, 0.3) is 0 Å². The Balaban J connectivity index is 1.58. The zero-order chi connectivity index (χ0) is 17.8. The van der Waals surface area contributed by atoms with Gasteiger partial charge in [-0.1, -0.05) is 43.7 Å². The van der Waals surface area contributed by atoms with Crippen LogP contribution < -0.4 is 5.32 Å². The average molecular weight is 345 g/mol. The highest BCUT2D eigenvalue weighted by molar-refractivity contribution is 5.97. The SMILES string of the molecule is CCC[C@@H]1NC(=O)[C@H]2CN(C(=O)OCc3ccccc3)CCN2C1=O. The van der Waals surface area contributed by atoms with Gasteiger partial charge in [0.05, 0.1) is 6.54 Å². The molecule has 2 aliphatic rings. The van der Waals surface area contributed by atoms with E-state index in [9.17, 15) is 14.4 Å². The molecule has 7 heteroatoms. The summed E-state index contributed by atoms with van der Waals surface area (Å²) >= 11 is 0. The maximum absolute atomic E-state index is 12.5. The third-order valence-electron chi connectivity index (χ3n) is 4.62. The smallest absolute Gasteiger partial charge is 0.410 e. The number of rotatable bonds is 4. The molecule has 3 amide bonds. The first kappa shape index (κ1) is 17.3. The van der Waals surface area contributed by atoms with E-state index in [0.29, 0.717) is 19.5 Å². The maximum atomic E-state index is 12.5. The largest absolute Gasteiger partial charge is 0.445 e. The zero-order valence-electron chi connectivity index (χ0n) is 14.3. The molecule has 2 atom stereocenters. The Morgan fingerprint density at radius 3 is 2.72 bits per heavy atom. The molecule has 2 fully saturated rings. The second kappa shape index (κ2) is 7.55. The number of carbonyl (C=O) groups excluding carboxylic acids is 3. The van der Waals surface area contributed by atoms with E-state index in [2.05, 4.69) is 5.32 Å². The minimum atomic E-state index is -0.626. The molecular formula is C18H23N3O4. The van der Waals surface area contributed by atoms with Crippen LogP contribution in [0.3, 0.4) is 0 Å². The third-order valence-corrected chi connectivity index (χ3v) is 4.62. The van der Waals surface area contributed by atoms with Gasteiger partial charge in [0.2, 0.25) is 11.8 Å². The van der Waals surface area contributed by atoms with E-state index in [1.807, 2.05) is 37.3 Å². The van der Waals surface area contributed by atoms with E-state index in [4.69, 9.17) is 4.74 Å². The summed E-state index contributed by atoms with van der Waals surface area (Å²) in [5.74, 6) is -0.248. The fourth-order valence-electron chi connectivity index (χ4n) is 3.26. The predicted octanol–water partition coefficient (Wildman–Crippen LogP) is 1.13. The number of hydrogen-bond acceptors (Lipinski definition) is 4.